The molecule has 19 heavy (non-hydrogen) atoms. The van der Waals surface area contributed by atoms with E-state index in [1.807, 2.05) is 0 Å². The van der Waals surface area contributed by atoms with Gasteiger partial charge in [0.15, 0.2) is 9.84 Å². The van der Waals surface area contributed by atoms with E-state index in [2.05, 4.69) is 10.2 Å². The van der Waals surface area contributed by atoms with Gasteiger partial charge in [-0.25, -0.2) is 8.42 Å². The van der Waals surface area contributed by atoms with Crippen molar-refractivity contribution < 1.29 is 18.3 Å². The summed E-state index contributed by atoms with van der Waals surface area (Å²) in [5.74, 6) is 0.513. The summed E-state index contributed by atoms with van der Waals surface area (Å²) in [4.78, 5) is 2.17. The lowest BCUT2D eigenvalue weighted by Crippen LogP contribution is -2.47. The van der Waals surface area contributed by atoms with Crippen molar-refractivity contribution in [3.8, 4) is 0 Å². The van der Waals surface area contributed by atoms with Gasteiger partial charge in [0.05, 0.1) is 30.8 Å². The molecule has 6 nitrogen and oxygen atoms in total. The molecular weight excluding hydrogens is 268 g/mol. The van der Waals surface area contributed by atoms with Gasteiger partial charge < -0.3 is 15.2 Å². The van der Waals surface area contributed by atoms with Gasteiger partial charge in [0.25, 0.3) is 0 Å². The minimum Gasteiger partial charge on any atom is -0.390 e. The van der Waals surface area contributed by atoms with E-state index in [-0.39, 0.29) is 11.8 Å². The first kappa shape index (κ1) is 15.2. The minimum absolute atomic E-state index is 0.00177. The van der Waals surface area contributed by atoms with E-state index in [1.54, 1.807) is 0 Å². The molecule has 0 amide bonds. The Morgan fingerprint density at radius 1 is 1.37 bits per heavy atom. The maximum Gasteiger partial charge on any atom is 0.151 e. The smallest absolute Gasteiger partial charge is 0.151 e. The molecule has 2 unspecified atom stereocenters. The number of rotatable bonds is 5. The fourth-order valence-corrected chi connectivity index (χ4v) is 4.30. The highest BCUT2D eigenvalue weighted by atomic mass is 32.2. The molecule has 2 aliphatic heterocycles. The van der Waals surface area contributed by atoms with Gasteiger partial charge in [-0.3, -0.25) is 4.90 Å². The normalized spacial score (nSPS) is 30.1. The summed E-state index contributed by atoms with van der Waals surface area (Å²) in [6.45, 7) is 4.24. The van der Waals surface area contributed by atoms with Crippen molar-refractivity contribution >= 4 is 9.84 Å². The van der Waals surface area contributed by atoms with E-state index < -0.39 is 15.9 Å². The SMILES string of the molecule is O=S1(=O)CCCC(NCC(O)CN2CCOCC2)C1. The molecule has 2 saturated heterocycles. The third kappa shape index (κ3) is 5.35. The van der Waals surface area contributed by atoms with Crippen molar-refractivity contribution in [1.82, 2.24) is 10.2 Å². The lowest BCUT2D eigenvalue weighted by atomic mass is 10.2. The molecule has 7 heteroatoms. The largest absolute Gasteiger partial charge is 0.390 e. The van der Waals surface area contributed by atoms with Crippen molar-refractivity contribution in [3.05, 3.63) is 0 Å². The van der Waals surface area contributed by atoms with E-state index in [1.165, 1.54) is 0 Å². The summed E-state index contributed by atoms with van der Waals surface area (Å²) < 4.78 is 28.2. The monoisotopic (exact) mass is 292 g/mol. The highest BCUT2D eigenvalue weighted by molar-refractivity contribution is 7.91. The molecule has 0 saturated carbocycles. The quantitative estimate of drug-likeness (QED) is 0.666. The predicted molar refractivity (Wildman–Crippen MR) is 72.9 cm³/mol. The number of sulfone groups is 1. The van der Waals surface area contributed by atoms with E-state index in [9.17, 15) is 13.5 Å². The molecule has 2 N–H and O–H groups in total. The van der Waals surface area contributed by atoms with Gasteiger partial charge in [-0.15, -0.1) is 0 Å². The average Bonchev–Trinajstić information content (AvgIpc) is 2.36. The van der Waals surface area contributed by atoms with E-state index in [0.717, 1.165) is 39.1 Å². The van der Waals surface area contributed by atoms with Crippen LogP contribution in [0.3, 0.4) is 0 Å². The summed E-state index contributed by atoms with van der Waals surface area (Å²) >= 11 is 0. The zero-order valence-corrected chi connectivity index (χ0v) is 12.1. The van der Waals surface area contributed by atoms with Crippen LogP contribution in [0.2, 0.25) is 0 Å². The van der Waals surface area contributed by atoms with Crippen LogP contribution in [-0.2, 0) is 14.6 Å². The number of ether oxygens (including phenoxy) is 1. The van der Waals surface area contributed by atoms with Crippen molar-refractivity contribution in [2.24, 2.45) is 0 Å². The molecule has 0 bridgehead atoms. The zero-order valence-electron chi connectivity index (χ0n) is 11.3. The van der Waals surface area contributed by atoms with Crippen LogP contribution in [0.15, 0.2) is 0 Å². The lowest BCUT2D eigenvalue weighted by molar-refractivity contribution is 0.0145. The molecule has 0 aromatic rings. The van der Waals surface area contributed by atoms with Crippen LogP contribution in [0.25, 0.3) is 0 Å². The van der Waals surface area contributed by atoms with Gasteiger partial charge in [-0.05, 0) is 12.8 Å². The van der Waals surface area contributed by atoms with Crippen molar-refractivity contribution in [2.45, 2.75) is 25.0 Å². The Balaban J connectivity index is 1.66. The summed E-state index contributed by atoms with van der Waals surface area (Å²) in [5, 5.41) is 13.1. The Morgan fingerprint density at radius 2 is 2.11 bits per heavy atom. The molecule has 112 valence electrons. The lowest BCUT2D eigenvalue weighted by Gasteiger charge is -2.30. The predicted octanol–water partition coefficient (Wildman–Crippen LogP) is -1.15. The fourth-order valence-electron chi connectivity index (χ4n) is 2.63. The van der Waals surface area contributed by atoms with E-state index in [0.29, 0.717) is 18.8 Å². The summed E-state index contributed by atoms with van der Waals surface area (Å²) in [6.07, 6.45) is 1.14. The third-order valence-corrected chi connectivity index (χ3v) is 5.50. The third-order valence-electron chi connectivity index (χ3n) is 3.68. The number of nitrogens with one attached hydrogen (secondary N) is 1. The Hall–Kier alpha value is -0.210. The second kappa shape index (κ2) is 6.99. The first-order valence-corrected chi connectivity index (χ1v) is 8.79. The molecule has 0 spiro atoms. The molecule has 0 aromatic heterocycles. The summed E-state index contributed by atoms with van der Waals surface area (Å²) in [6, 6.07) is -0.00177. The molecule has 2 heterocycles. The van der Waals surface area contributed by atoms with Crippen LogP contribution >= 0.6 is 0 Å². The van der Waals surface area contributed by atoms with Gasteiger partial charge in [0, 0.05) is 32.2 Å². The average molecular weight is 292 g/mol. The molecule has 2 atom stereocenters. The Morgan fingerprint density at radius 3 is 2.79 bits per heavy atom. The highest BCUT2D eigenvalue weighted by Crippen LogP contribution is 2.11. The number of nitrogens with zero attached hydrogens (tertiary/aromatic N) is 1. The van der Waals surface area contributed by atoms with Gasteiger partial charge >= 0.3 is 0 Å². The first-order valence-electron chi connectivity index (χ1n) is 6.97. The number of morpholine rings is 1. The van der Waals surface area contributed by atoms with Crippen LogP contribution in [0, 0.1) is 0 Å². The van der Waals surface area contributed by atoms with Crippen LogP contribution < -0.4 is 5.32 Å². The molecule has 0 radical (unpaired) electrons. The maximum absolute atomic E-state index is 11.5. The van der Waals surface area contributed by atoms with Crippen LogP contribution in [-0.4, -0.2) is 81.5 Å². The van der Waals surface area contributed by atoms with Crippen LogP contribution in [0.4, 0.5) is 0 Å². The van der Waals surface area contributed by atoms with Crippen molar-refractivity contribution in [1.29, 1.82) is 0 Å². The number of aliphatic hydroxyl groups excluding tert-OH is 1. The van der Waals surface area contributed by atoms with E-state index in [4.69, 9.17) is 4.74 Å². The summed E-state index contributed by atoms with van der Waals surface area (Å²) in [5.41, 5.74) is 0. The van der Waals surface area contributed by atoms with Gasteiger partial charge in [0.2, 0.25) is 0 Å². The maximum atomic E-state index is 11.5. The molecule has 0 aliphatic carbocycles. The minimum atomic E-state index is -2.88. The van der Waals surface area contributed by atoms with Gasteiger partial charge in [0.1, 0.15) is 0 Å². The number of β-amino-alcohol motifs (C(OH)–C–C–N with tert-alkyl or cyclic N) is 1. The molecule has 2 fully saturated rings. The Kier molecular flexibility index (Phi) is 5.58. The fraction of sp³-hybridized carbons (Fsp3) is 1.00. The number of hydrogen-bond acceptors (Lipinski definition) is 6. The van der Waals surface area contributed by atoms with Crippen molar-refractivity contribution in [3.63, 3.8) is 0 Å². The zero-order chi connectivity index (χ0) is 13.7. The van der Waals surface area contributed by atoms with Crippen LogP contribution in [0.5, 0.6) is 0 Å². The topological polar surface area (TPSA) is 78.9 Å². The standard InChI is InChI=1S/C12H24N2O4S/c15-12(9-14-3-5-18-6-4-14)8-13-11-2-1-7-19(16,17)10-11/h11-13,15H,1-10H2. The highest BCUT2D eigenvalue weighted by Gasteiger charge is 2.25. The van der Waals surface area contributed by atoms with Crippen LogP contribution in [0.1, 0.15) is 12.8 Å². The number of hydrogen-bond donors (Lipinski definition) is 2. The van der Waals surface area contributed by atoms with Gasteiger partial charge in [-0.1, -0.05) is 0 Å². The molecular formula is C12H24N2O4S. The second-order valence-corrected chi connectivity index (χ2v) is 7.66. The van der Waals surface area contributed by atoms with Crippen molar-refractivity contribution in [2.75, 3.05) is 50.9 Å². The Labute approximate surface area is 115 Å². The number of aliphatic hydroxyl groups is 1. The first-order chi connectivity index (χ1) is 9.05. The molecule has 0 aromatic carbocycles. The second-order valence-electron chi connectivity index (χ2n) is 5.43. The molecule has 2 rings (SSSR count). The van der Waals surface area contributed by atoms with Gasteiger partial charge in [-0.2, -0.15) is 0 Å². The molecule has 2 aliphatic rings. The Bertz CT molecular complexity index is 368. The summed E-state index contributed by atoms with van der Waals surface area (Å²) in [7, 11) is -2.88. The van der Waals surface area contributed by atoms with E-state index >= 15 is 0 Å².